The highest BCUT2D eigenvalue weighted by atomic mass is 32.2. The van der Waals surface area contributed by atoms with Gasteiger partial charge in [-0.1, -0.05) is 0 Å². The molecule has 1 fully saturated rings. The second kappa shape index (κ2) is 5.82. The Morgan fingerprint density at radius 2 is 2.20 bits per heavy atom. The van der Waals surface area contributed by atoms with Crippen molar-refractivity contribution < 1.29 is 13.5 Å². The van der Waals surface area contributed by atoms with E-state index in [-0.39, 0.29) is 12.4 Å². The molecule has 0 radical (unpaired) electrons. The molecule has 1 atom stereocenters. The van der Waals surface area contributed by atoms with E-state index in [0.29, 0.717) is 12.3 Å². The highest BCUT2D eigenvalue weighted by Gasteiger charge is 2.18. The van der Waals surface area contributed by atoms with Gasteiger partial charge in [-0.3, -0.25) is 0 Å². The first kappa shape index (κ1) is 12.9. The summed E-state index contributed by atoms with van der Waals surface area (Å²) in [7, 11) is -2.82. The average Bonchev–Trinajstić information content (AvgIpc) is 2.16. The van der Waals surface area contributed by atoms with Crippen molar-refractivity contribution in [2.45, 2.75) is 19.3 Å². The molecule has 1 N–H and O–H groups in total. The molecule has 0 aromatic rings. The molecule has 90 valence electrons. The molecule has 1 heterocycles. The van der Waals surface area contributed by atoms with Gasteiger partial charge in [-0.15, -0.1) is 0 Å². The van der Waals surface area contributed by atoms with E-state index in [9.17, 15) is 8.42 Å². The van der Waals surface area contributed by atoms with Gasteiger partial charge in [0.2, 0.25) is 0 Å². The predicted molar refractivity (Wildman–Crippen MR) is 60.6 cm³/mol. The quantitative estimate of drug-likeness (QED) is 0.735. The van der Waals surface area contributed by atoms with Crippen LogP contribution < -0.4 is 0 Å². The van der Waals surface area contributed by atoms with Crippen LogP contribution in [0.1, 0.15) is 19.3 Å². The Bertz CT molecular complexity index is 276. The summed E-state index contributed by atoms with van der Waals surface area (Å²) < 4.78 is 21.9. The lowest BCUT2D eigenvalue weighted by molar-refractivity contribution is 0.121. The van der Waals surface area contributed by atoms with E-state index in [1.54, 1.807) is 0 Å². The molecular formula is C10H21NO3S. The number of rotatable bonds is 5. The van der Waals surface area contributed by atoms with Crippen LogP contribution in [-0.2, 0) is 9.84 Å². The summed E-state index contributed by atoms with van der Waals surface area (Å²) in [6.07, 6.45) is 4.19. The Morgan fingerprint density at radius 3 is 2.80 bits per heavy atom. The molecule has 0 aliphatic carbocycles. The number of hydrogen-bond acceptors (Lipinski definition) is 4. The molecule has 5 heteroatoms. The molecular weight excluding hydrogens is 214 g/mol. The molecule has 0 amide bonds. The minimum atomic E-state index is -2.82. The minimum Gasteiger partial charge on any atom is -0.396 e. The first-order valence-corrected chi connectivity index (χ1v) is 7.58. The molecule has 1 rings (SSSR count). The molecule has 0 aromatic heterocycles. The normalized spacial score (nSPS) is 24.3. The Kier molecular flexibility index (Phi) is 5.02. The summed E-state index contributed by atoms with van der Waals surface area (Å²) in [6, 6.07) is 0. The van der Waals surface area contributed by atoms with Crippen molar-refractivity contribution in [3.05, 3.63) is 0 Å². The fourth-order valence-electron chi connectivity index (χ4n) is 2.05. The number of hydrogen-bond donors (Lipinski definition) is 1. The van der Waals surface area contributed by atoms with Gasteiger partial charge in [0.25, 0.3) is 0 Å². The number of likely N-dealkylation sites (tertiary alicyclic amines) is 1. The summed E-state index contributed by atoms with van der Waals surface area (Å²) in [5.74, 6) is 0.657. The van der Waals surface area contributed by atoms with Crippen LogP contribution in [0, 0.1) is 5.92 Å². The van der Waals surface area contributed by atoms with Crippen molar-refractivity contribution in [2.75, 3.05) is 38.2 Å². The van der Waals surface area contributed by atoms with Gasteiger partial charge in [0, 0.05) is 19.4 Å². The number of sulfone groups is 1. The van der Waals surface area contributed by atoms with Crippen LogP contribution in [-0.4, -0.2) is 56.7 Å². The van der Waals surface area contributed by atoms with Crippen LogP contribution in [0.25, 0.3) is 0 Å². The first-order valence-electron chi connectivity index (χ1n) is 5.52. The Morgan fingerprint density at radius 1 is 1.47 bits per heavy atom. The van der Waals surface area contributed by atoms with Gasteiger partial charge in [-0.25, -0.2) is 8.42 Å². The predicted octanol–water partition coefficient (Wildman–Crippen LogP) is 0.125. The average molecular weight is 235 g/mol. The summed E-state index contributed by atoms with van der Waals surface area (Å²) in [4.78, 5) is 2.26. The molecule has 1 saturated heterocycles. The fraction of sp³-hybridized carbons (Fsp3) is 1.00. The van der Waals surface area contributed by atoms with Gasteiger partial charge < -0.3 is 10.0 Å². The van der Waals surface area contributed by atoms with E-state index in [2.05, 4.69) is 4.90 Å². The van der Waals surface area contributed by atoms with Crippen molar-refractivity contribution in [1.82, 2.24) is 4.90 Å². The zero-order chi connectivity index (χ0) is 11.3. The van der Waals surface area contributed by atoms with Gasteiger partial charge in [0.1, 0.15) is 9.84 Å². The molecule has 1 aliphatic heterocycles. The maximum atomic E-state index is 10.9. The minimum absolute atomic E-state index is 0.253. The number of aliphatic hydroxyl groups excluding tert-OH is 1. The molecule has 1 unspecified atom stereocenters. The topological polar surface area (TPSA) is 57.6 Å². The lowest BCUT2D eigenvalue weighted by Crippen LogP contribution is -2.37. The van der Waals surface area contributed by atoms with Gasteiger partial charge in [-0.2, -0.15) is 0 Å². The highest BCUT2D eigenvalue weighted by molar-refractivity contribution is 7.90. The third-order valence-corrected chi connectivity index (χ3v) is 3.88. The van der Waals surface area contributed by atoms with Gasteiger partial charge in [-0.05, 0) is 38.3 Å². The Balaban J connectivity index is 2.21. The van der Waals surface area contributed by atoms with Gasteiger partial charge in [0.15, 0.2) is 0 Å². The van der Waals surface area contributed by atoms with E-state index < -0.39 is 9.84 Å². The third kappa shape index (κ3) is 5.49. The Labute approximate surface area is 92.2 Å². The number of nitrogens with zero attached hydrogens (tertiary/aromatic N) is 1. The molecule has 4 nitrogen and oxygen atoms in total. The van der Waals surface area contributed by atoms with Crippen LogP contribution in [0.4, 0.5) is 0 Å². The maximum absolute atomic E-state index is 10.9. The summed E-state index contributed by atoms with van der Waals surface area (Å²) in [6.45, 7) is 3.05. The lowest BCUT2D eigenvalue weighted by atomic mass is 9.99. The van der Waals surface area contributed by atoms with Crippen LogP contribution >= 0.6 is 0 Å². The van der Waals surface area contributed by atoms with E-state index in [0.717, 1.165) is 32.5 Å². The van der Waals surface area contributed by atoms with Crippen molar-refractivity contribution in [2.24, 2.45) is 5.92 Å². The first-order chi connectivity index (χ1) is 7.01. The third-order valence-electron chi connectivity index (χ3n) is 2.85. The SMILES string of the molecule is CS(=O)(=O)CCCN1CCCC(CO)C1. The summed E-state index contributed by atoms with van der Waals surface area (Å²) in [5, 5.41) is 9.04. The monoisotopic (exact) mass is 235 g/mol. The summed E-state index contributed by atoms with van der Waals surface area (Å²) in [5.41, 5.74) is 0. The van der Waals surface area contributed by atoms with Crippen molar-refractivity contribution in [3.63, 3.8) is 0 Å². The zero-order valence-corrected chi connectivity index (χ0v) is 10.2. The molecule has 15 heavy (non-hydrogen) atoms. The lowest BCUT2D eigenvalue weighted by Gasteiger charge is -2.31. The summed E-state index contributed by atoms with van der Waals surface area (Å²) >= 11 is 0. The second-order valence-electron chi connectivity index (χ2n) is 4.47. The number of aliphatic hydroxyl groups is 1. The largest absolute Gasteiger partial charge is 0.396 e. The molecule has 0 saturated carbocycles. The molecule has 0 bridgehead atoms. The van der Waals surface area contributed by atoms with E-state index >= 15 is 0 Å². The van der Waals surface area contributed by atoms with Crippen LogP contribution in [0.2, 0.25) is 0 Å². The van der Waals surface area contributed by atoms with Crippen molar-refractivity contribution >= 4 is 9.84 Å². The molecule has 0 spiro atoms. The molecule has 0 aromatic carbocycles. The second-order valence-corrected chi connectivity index (χ2v) is 6.73. The van der Waals surface area contributed by atoms with Gasteiger partial charge >= 0.3 is 0 Å². The zero-order valence-electron chi connectivity index (χ0n) is 9.35. The van der Waals surface area contributed by atoms with Crippen LogP contribution in [0.15, 0.2) is 0 Å². The standard InChI is InChI=1S/C10H21NO3S/c1-15(13,14)7-3-6-11-5-2-4-10(8-11)9-12/h10,12H,2-9H2,1H3. The number of piperidine rings is 1. The molecule has 1 aliphatic rings. The van der Waals surface area contributed by atoms with Crippen LogP contribution in [0.5, 0.6) is 0 Å². The maximum Gasteiger partial charge on any atom is 0.147 e. The van der Waals surface area contributed by atoms with Gasteiger partial charge in [0.05, 0.1) is 5.75 Å². The van der Waals surface area contributed by atoms with E-state index in [1.165, 1.54) is 6.26 Å². The van der Waals surface area contributed by atoms with Crippen molar-refractivity contribution in [1.29, 1.82) is 0 Å². The van der Waals surface area contributed by atoms with E-state index in [4.69, 9.17) is 5.11 Å². The highest BCUT2D eigenvalue weighted by Crippen LogP contribution is 2.15. The van der Waals surface area contributed by atoms with Crippen LogP contribution in [0.3, 0.4) is 0 Å². The van der Waals surface area contributed by atoms with Crippen molar-refractivity contribution in [3.8, 4) is 0 Å². The smallest absolute Gasteiger partial charge is 0.147 e. The fourth-order valence-corrected chi connectivity index (χ4v) is 2.71. The van der Waals surface area contributed by atoms with E-state index in [1.807, 2.05) is 0 Å². The Hall–Kier alpha value is -0.130.